The van der Waals surface area contributed by atoms with Crippen LogP contribution in [0.1, 0.15) is 35.9 Å². The van der Waals surface area contributed by atoms with Gasteiger partial charge >= 0.3 is 0 Å². The lowest BCUT2D eigenvalue weighted by Gasteiger charge is -2.25. The first-order chi connectivity index (χ1) is 6.79. The molecule has 0 saturated carbocycles. The van der Waals surface area contributed by atoms with E-state index in [1.54, 1.807) is 11.3 Å². The highest BCUT2D eigenvalue weighted by Gasteiger charge is 2.25. The van der Waals surface area contributed by atoms with Crippen LogP contribution in [-0.4, -0.2) is 21.1 Å². The van der Waals surface area contributed by atoms with Gasteiger partial charge in [-0.15, -0.1) is 11.3 Å². The van der Waals surface area contributed by atoms with Crippen LogP contribution < -0.4 is 0 Å². The maximum atomic E-state index is 10.2. The SMILES string of the molecule is Cc1ncsc1C(O)C1CCCCS1. The molecule has 0 radical (unpaired) electrons. The maximum absolute atomic E-state index is 10.2. The summed E-state index contributed by atoms with van der Waals surface area (Å²) >= 11 is 3.48. The highest BCUT2D eigenvalue weighted by atomic mass is 32.2. The highest BCUT2D eigenvalue weighted by molar-refractivity contribution is 8.00. The van der Waals surface area contributed by atoms with Gasteiger partial charge in [0.2, 0.25) is 0 Å². The van der Waals surface area contributed by atoms with E-state index in [9.17, 15) is 5.11 Å². The first-order valence-electron chi connectivity index (χ1n) is 4.98. The monoisotopic (exact) mass is 229 g/mol. The van der Waals surface area contributed by atoms with E-state index < -0.39 is 0 Å². The molecular formula is C10H15NOS2. The van der Waals surface area contributed by atoms with E-state index >= 15 is 0 Å². The second kappa shape index (κ2) is 4.64. The molecule has 1 fully saturated rings. The number of hydrogen-bond donors (Lipinski definition) is 1. The largest absolute Gasteiger partial charge is 0.386 e. The molecule has 1 aliphatic rings. The molecule has 14 heavy (non-hydrogen) atoms. The zero-order valence-corrected chi connectivity index (χ0v) is 9.90. The van der Waals surface area contributed by atoms with Crippen LogP contribution in [0.4, 0.5) is 0 Å². The fourth-order valence-electron chi connectivity index (χ4n) is 1.78. The van der Waals surface area contributed by atoms with E-state index in [4.69, 9.17) is 0 Å². The quantitative estimate of drug-likeness (QED) is 0.846. The minimum absolute atomic E-state index is 0.298. The number of thiazole rings is 1. The van der Waals surface area contributed by atoms with Gasteiger partial charge < -0.3 is 5.11 Å². The summed E-state index contributed by atoms with van der Waals surface area (Å²) in [6.45, 7) is 1.97. The molecule has 4 heteroatoms. The van der Waals surface area contributed by atoms with Crippen molar-refractivity contribution in [2.75, 3.05) is 5.75 Å². The summed E-state index contributed by atoms with van der Waals surface area (Å²) in [5.74, 6) is 1.19. The topological polar surface area (TPSA) is 33.1 Å². The molecule has 2 heterocycles. The molecule has 2 nitrogen and oxygen atoms in total. The second-order valence-corrected chi connectivity index (χ2v) is 5.89. The molecule has 2 rings (SSSR count). The van der Waals surface area contributed by atoms with E-state index in [0.29, 0.717) is 5.25 Å². The molecule has 0 aromatic carbocycles. The third kappa shape index (κ3) is 2.12. The van der Waals surface area contributed by atoms with Crippen molar-refractivity contribution in [1.29, 1.82) is 0 Å². The third-order valence-corrected chi connectivity index (χ3v) is 5.07. The first-order valence-corrected chi connectivity index (χ1v) is 6.91. The molecule has 1 aromatic heterocycles. The van der Waals surface area contributed by atoms with Crippen molar-refractivity contribution >= 4 is 23.1 Å². The Morgan fingerprint density at radius 1 is 1.57 bits per heavy atom. The molecule has 1 aromatic rings. The summed E-state index contributed by atoms with van der Waals surface area (Å²) in [7, 11) is 0. The molecule has 0 aliphatic carbocycles. The van der Waals surface area contributed by atoms with Gasteiger partial charge in [0.05, 0.1) is 16.1 Å². The smallest absolute Gasteiger partial charge is 0.102 e. The third-order valence-electron chi connectivity index (χ3n) is 2.62. The van der Waals surface area contributed by atoms with E-state index in [1.807, 2.05) is 24.2 Å². The van der Waals surface area contributed by atoms with Crippen LogP contribution in [0.2, 0.25) is 0 Å². The summed E-state index contributed by atoms with van der Waals surface area (Å²) in [6, 6.07) is 0. The average molecular weight is 229 g/mol. The van der Waals surface area contributed by atoms with Crippen LogP contribution in [0, 0.1) is 6.92 Å². The second-order valence-electron chi connectivity index (χ2n) is 3.65. The van der Waals surface area contributed by atoms with Crippen LogP contribution in [0.3, 0.4) is 0 Å². The minimum atomic E-state index is -0.298. The molecule has 2 atom stereocenters. The standard InChI is InChI=1S/C10H15NOS2/c1-7-10(14-6-11-7)9(12)8-4-2-3-5-13-8/h6,8-9,12H,2-5H2,1H3. The Morgan fingerprint density at radius 3 is 3.00 bits per heavy atom. The highest BCUT2D eigenvalue weighted by Crippen LogP contribution is 2.36. The number of thioether (sulfide) groups is 1. The van der Waals surface area contributed by atoms with Crippen LogP contribution in [0.25, 0.3) is 0 Å². The van der Waals surface area contributed by atoms with Crippen molar-refractivity contribution in [2.45, 2.75) is 37.5 Å². The van der Waals surface area contributed by atoms with Crippen molar-refractivity contribution in [3.63, 3.8) is 0 Å². The molecule has 1 N–H and O–H groups in total. The van der Waals surface area contributed by atoms with Gasteiger partial charge in [0.1, 0.15) is 6.10 Å². The summed E-state index contributed by atoms with van der Waals surface area (Å²) < 4.78 is 0. The van der Waals surface area contributed by atoms with E-state index in [-0.39, 0.29) is 6.10 Å². The predicted molar refractivity (Wildman–Crippen MR) is 61.9 cm³/mol. The molecule has 0 spiro atoms. The molecule has 2 unspecified atom stereocenters. The molecule has 0 bridgehead atoms. The lowest BCUT2D eigenvalue weighted by molar-refractivity contribution is 0.171. The van der Waals surface area contributed by atoms with Gasteiger partial charge in [0.25, 0.3) is 0 Å². The van der Waals surface area contributed by atoms with Crippen molar-refractivity contribution in [3.05, 3.63) is 16.1 Å². The normalized spacial score (nSPS) is 24.9. The van der Waals surface area contributed by atoms with Crippen LogP contribution in [-0.2, 0) is 0 Å². The Kier molecular flexibility index (Phi) is 3.47. The minimum Gasteiger partial charge on any atom is -0.386 e. The predicted octanol–water partition coefficient (Wildman–Crippen LogP) is 2.77. The number of aryl methyl sites for hydroxylation is 1. The van der Waals surface area contributed by atoms with Gasteiger partial charge in [-0.05, 0) is 25.5 Å². The fourth-order valence-corrected chi connectivity index (χ4v) is 4.04. The molecule has 0 amide bonds. The number of nitrogens with zero attached hydrogens (tertiary/aromatic N) is 1. The summed E-state index contributed by atoms with van der Waals surface area (Å²) in [5.41, 5.74) is 2.81. The maximum Gasteiger partial charge on any atom is 0.102 e. The number of aromatic nitrogens is 1. The Labute approximate surface area is 92.8 Å². The van der Waals surface area contributed by atoms with Gasteiger partial charge in [-0.25, -0.2) is 4.98 Å². The van der Waals surface area contributed by atoms with Crippen LogP contribution in [0.5, 0.6) is 0 Å². The zero-order valence-electron chi connectivity index (χ0n) is 8.27. The summed E-state index contributed by atoms with van der Waals surface area (Å²) in [5, 5.41) is 10.6. The number of aliphatic hydroxyl groups is 1. The first kappa shape index (κ1) is 10.5. The molecule has 1 aliphatic heterocycles. The summed E-state index contributed by atoms with van der Waals surface area (Å²) in [4.78, 5) is 5.24. The van der Waals surface area contributed by atoms with Crippen molar-refractivity contribution in [3.8, 4) is 0 Å². The molecular weight excluding hydrogens is 214 g/mol. The van der Waals surface area contributed by atoms with Crippen LogP contribution >= 0.6 is 23.1 Å². The summed E-state index contributed by atoms with van der Waals surface area (Å²) in [6.07, 6.45) is 3.40. The lowest BCUT2D eigenvalue weighted by atomic mass is 10.1. The Morgan fingerprint density at radius 2 is 2.43 bits per heavy atom. The van der Waals surface area contributed by atoms with Crippen molar-refractivity contribution < 1.29 is 5.11 Å². The van der Waals surface area contributed by atoms with E-state index in [0.717, 1.165) is 17.0 Å². The Balaban J connectivity index is 2.07. The van der Waals surface area contributed by atoms with Gasteiger partial charge in [0, 0.05) is 5.25 Å². The molecule has 78 valence electrons. The van der Waals surface area contributed by atoms with Gasteiger partial charge in [-0.3, -0.25) is 0 Å². The van der Waals surface area contributed by atoms with Crippen LogP contribution in [0.15, 0.2) is 5.51 Å². The van der Waals surface area contributed by atoms with Gasteiger partial charge in [0.15, 0.2) is 0 Å². The number of hydrogen-bond acceptors (Lipinski definition) is 4. The zero-order chi connectivity index (χ0) is 9.97. The Hall–Kier alpha value is -0.0600. The fraction of sp³-hybridized carbons (Fsp3) is 0.700. The van der Waals surface area contributed by atoms with Crippen molar-refractivity contribution in [2.24, 2.45) is 0 Å². The van der Waals surface area contributed by atoms with E-state index in [2.05, 4.69) is 4.98 Å². The van der Waals surface area contributed by atoms with Gasteiger partial charge in [-0.1, -0.05) is 6.42 Å². The Bertz CT molecular complexity index is 294. The number of aliphatic hydroxyl groups excluding tert-OH is 1. The molecule has 1 saturated heterocycles. The lowest BCUT2D eigenvalue weighted by Crippen LogP contribution is -2.18. The van der Waals surface area contributed by atoms with Gasteiger partial charge in [-0.2, -0.15) is 11.8 Å². The van der Waals surface area contributed by atoms with Crippen molar-refractivity contribution in [1.82, 2.24) is 4.98 Å². The van der Waals surface area contributed by atoms with E-state index in [1.165, 1.54) is 18.6 Å². The number of rotatable bonds is 2. The average Bonchev–Trinajstić information content (AvgIpc) is 2.65.